The minimum absolute atomic E-state index is 0.0184. The smallest absolute Gasteiger partial charge is 0.296 e. The molecule has 1 aliphatic carbocycles. The first-order valence-corrected chi connectivity index (χ1v) is 26.3. The van der Waals surface area contributed by atoms with Crippen molar-refractivity contribution in [3.8, 4) is 22.5 Å². The second-order valence-electron chi connectivity index (χ2n) is 15.2. The van der Waals surface area contributed by atoms with E-state index >= 15 is 0 Å². The number of benzene rings is 5. The lowest BCUT2D eigenvalue weighted by molar-refractivity contribution is 0.479. The van der Waals surface area contributed by atoms with E-state index < -0.39 is 75.4 Å². The van der Waals surface area contributed by atoms with Crippen molar-refractivity contribution < 1.29 is 64.7 Å². The number of rotatable bonds is 13. The molecule has 23 heteroatoms. The minimum Gasteiger partial charge on any atom is -0.456 e. The van der Waals surface area contributed by atoms with Crippen molar-refractivity contribution in [3.05, 3.63) is 99.4 Å². The fraction of sp³-hybridized carbons (Fsp3) is 0.244. The van der Waals surface area contributed by atoms with Gasteiger partial charge in [-0.3, -0.25) is 18.2 Å². The van der Waals surface area contributed by atoms with Crippen LogP contribution < -0.4 is 15.4 Å². The van der Waals surface area contributed by atoms with Crippen LogP contribution in [0.15, 0.2) is 94.6 Å². The van der Waals surface area contributed by atoms with E-state index in [2.05, 4.69) is 15.0 Å². The molecule has 0 fully saturated rings. The molecule has 0 unspecified atom stereocenters. The molecule has 0 spiro atoms. The standard InChI is InChI=1S/C41H43N3O15S5/c1-8-9-14-42-60(45,46)34-13-11-10-12-27(34)37-28-17-35(61(47,48)49)30(43-38-21(2)15-23(4)40(25(38)6)63(53,54)55)19-32(28)59-33-20-31(36(18-29(33)37)62(50,51)52)44-39-22(3)16-24(5)41(26(39)7)64(56,57)58/h10-13,15-20,42-43H,8-9,14H2,1-7H3,(H,47,48,49)(H,50,51,52)(H,53,54,55)(H,56,57,58)/b44-31+. The second-order valence-corrected chi connectivity index (χ2v) is 22.4. The lowest BCUT2D eigenvalue weighted by atomic mass is 9.93. The van der Waals surface area contributed by atoms with Crippen molar-refractivity contribution >= 4 is 78.5 Å². The van der Waals surface area contributed by atoms with Crippen molar-refractivity contribution in [3.63, 3.8) is 0 Å². The Kier molecular flexibility index (Phi) is 12.9. The molecule has 0 atom stereocenters. The third-order valence-corrected chi connectivity index (χ3v) is 16.1. The lowest BCUT2D eigenvalue weighted by Crippen LogP contribution is -2.25. The molecule has 0 aromatic heterocycles. The second kappa shape index (κ2) is 17.0. The van der Waals surface area contributed by atoms with Gasteiger partial charge in [0.1, 0.15) is 30.9 Å². The van der Waals surface area contributed by atoms with E-state index in [9.17, 15) is 60.3 Å². The first-order valence-electron chi connectivity index (χ1n) is 19.1. The summed E-state index contributed by atoms with van der Waals surface area (Å²) in [5, 5.41) is 2.14. The number of aryl methyl sites for hydroxylation is 4. The molecule has 0 bridgehead atoms. The van der Waals surface area contributed by atoms with Gasteiger partial charge < -0.3 is 9.73 Å². The number of unbranched alkanes of at least 4 members (excludes halogenated alkanes) is 1. The van der Waals surface area contributed by atoms with E-state index in [-0.39, 0.29) is 84.2 Å². The van der Waals surface area contributed by atoms with Crippen LogP contribution in [0.2, 0.25) is 0 Å². The first-order chi connectivity index (χ1) is 29.5. The Morgan fingerprint density at radius 1 is 0.609 bits per heavy atom. The number of fused-ring (bicyclic) bond motifs is 2. The average molecular weight is 978 g/mol. The van der Waals surface area contributed by atoms with E-state index in [1.165, 1.54) is 64.1 Å². The summed E-state index contributed by atoms with van der Waals surface area (Å²) in [6.45, 7) is 10.6. The Bertz CT molecular complexity index is 3570. The molecule has 2 aliphatic rings. The molecular weight excluding hydrogens is 935 g/mol. The maximum absolute atomic E-state index is 14.0. The molecule has 4 aromatic carbocycles. The van der Waals surface area contributed by atoms with Gasteiger partial charge in [0.2, 0.25) is 10.0 Å². The third-order valence-electron chi connectivity index (χ3n) is 10.5. The SMILES string of the molecule is CCCCNS(=O)(=O)c1ccccc1-c1c2cc(S(=O)(=O)O)/c(=N/c3c(C)cc(C)c(S(=O)(=O)O)c3C)cc-2oc2cc(Nc3c(C)cc(C)c(S(=O)(=O)O)c3C)c(S(=O)(=O)O)cc12. The highest BCUT2D eigenvalue weighted by atomic mass is 32.2. The zero-order valence-corrected chi connectivity index (χ0v) is 39.2. The molecule has 18 nitrogen and oxygen atoms in total. The number of anilines is 2. The van der Waals surface area contributed by atoms with E-state index in [1.807, 2.05) is 6.92 Å². The topological polar surface area (TPSA) is 301 Å². The predicted octanol–water partition coefficient (Wildman–Crippen LogP) is 7.10. The van der Waals surface area contributed by atoms with Crippen LogP contribution in [0.3, 0.4) is 0 Å². The number of hydrogen-bond donors (Lipinski definition) is 6. The van der Waals surface area contributed by atoms with E-state index in [0.29, 0.717) is 24.0 Å². The number of nitrogens with zero attached hydrogens (tertiary/aromatic N) is 1. The lowest BCUT2D eigenvalue weighted by Gasteiger charge is -2.22. The van der Waals surface area contributed by atoms with Gasteiger partial charge in [0.15, 0.2) is 0 Å². The molecule has 1 heterocycles. The van der Waals surface area contributed by atoms with E-state index in [0.717, 1.165) is 24.3 Å². The normalized spacial score (nSPS) is 13.3. The summed E-state index contributed by atoms with van der Waals surface area (Å²) < 4.78 is 181. The minimum atomic E-state index is -5.26. The summed E-state index contributed by atoms with van der Waals surface area (Å²) >= 11 is 0. The molecule has 0 saturated heterocycles. The Morgan fingerprint density at radius 3 is 1.77 bits per heavy atom. The highest BCUT2D eigenvalue weighted by Gasteiger charge is 2.30. The summed E-state index contributed by atoms with van der Waals surface area (Å²) in [4.78, 5) is 1.45. The quantitative estimate of drug-likeness (QED) is 0.0382. The van der Waals surface area contributed by atoms with Gasteiger partial charge in [0.05, 0.1) is 21.6 Å². The van der Waals surface area contributed by atoms with Crippen LogP contribution in [0, 0.1) is 41.5 Å². The highest BCUT2D eigenvalue weighted by Crippen LogP contribution is 2.46. The summed E-state index contributed by atoms with van der Waals surface area (Å²) in [6, 6.07) is 12.3. The summed E-state index contributed by atoms with van der Waals surface area (Å²) in [7, 11) is -24.5. The number of sulfonamides is 1. The maximum atomic E-state index is 14.0. The third kappa shape index (κ3) is 9.36. The molecule has 64 heavy (non-hydrogen) atoms. The van der Waals surface area contributed by atoms with Gasteiger partial charge in [-0.05, 0) is 99.5 Å². The van der Waals surface area contributed by atoms with E-state index in [4.69, 9.17) is 4.42 Å². The van der Waals surface area contributed by atoms with Gasteiger partial charge in [0.25, 0.3) is 40.5 Å². The van der Waals surface area contributed by atoms with Gasteiger partial charge >= 0.3 is 0 Å². The van der Waals surface area contributed by atoms with Crippen molar-refractivity contribution in [2.45, 2.75) is 85.8 Å². The van der Waals surface area contributed by atoms with Gasteiger partial charge in [-0.15, -0.1) is 0 Å². The summed E-state index contributed by atoms with van der Waals surface area (Å²) in [5.41, 5.74) is -0.201. The number of hydrogen-bond acceptors (Lipinski definition) is 13. The zero-order valence-electron chi connectivity index (χ0n) is 35.2. The van der Waals surface area contributed by atoms with Crippen LogP contribution in [0.1, 0.15) is 53.1 Å². The Morgan fingerprint density at radius 2 is 1.19 bits per heavy atom. The van der Waals surface area contributed by atoms with Crippen molar-refractivity contribution in [1.82, 2.24) is 4.72 Å². The van der Waals surface area contributed by atoms with Gasteiger partial charge in [0, 0.05) is 46.4 Å². The van der Waals surface area contributed by atoms with Crippen molar-refractivity contribution in [2.75, 3.05) is 11.9 Å². The average Bonchev–Trinajstić information content (AvgIpc) is 3.14. The van der Waals surface area contributed by atoms with Gasteiger partial charge in [-0.2, -0.15) is 33.7 Å². The van der Waals surface area contributed by atoms with Crippen LogP contribution in [-0.4, -0.2) is 66.8 Å². The highest BCUT2D eigenvalue weighted by molar-refractivity contribution is 7.89. The summed E-state index contributed by atoms with van der Waals surface area (Å²) in [5.74, 6) is -0.237. The van der Waals surface area contributed by atoms with Crippen LogP contribution in [0.25, 0.3) is 33.4 Å². The van der Waals surface area contributed by atoms with Crippen molar-refractivity contribution in [1.29, 1.82) is 0 Å². The fourth-order valence-electron chi connectivity index (χ4n) is 7.93. The molecule has 0 saturated carbocycles. The fourth-order valence-corrected chi connectivity index (χ4v) is 12.4. The molecule has 342 valence electrons. The maximum Gasteiger partial charge on any atom is 0.296 e. The van der Waals surface area contributed by atoms with E-state index in [1.54, 1.807) is 13.8 Å². The Balaban J connectivity index is 1.83. The van der Waals surface area contributed by atoms with Gasteiger partial charge in [-0.1, -0.05) is 43.7 Å². The molecule has 4 aromatic rings. The van der Waals surface area contributed by atoms with Gasteiger partial charge in [-0.25, -0.2) is 18.1 Å². The van der Waals surface area contributed by atoms with Crippen LogP contribution >= 0.6 is 0 Å². The van der Waals surface area contributed by atoms with Crippen LogP contribution in [0.5, 0.6) is 0 Å². The molecule has 6 rings (SSSR count). The van der Waals surface area contributed by atoms with Crippen LogP contribution in [0.4, 0.5) is 17.1 Å². The van der Waals surface area contributed by atoms with Crippen molar-refractivity contribution in [2.24, 2.45) is 4.99 Å². The number of nitrogens with one attached hydrogen (secondary N) is 2. The first kappa shape index (κ1) is 48.4. The largest absolute Gasteiger partial charge is 0.456 e. The summed E-state index contributed by atoms with van der Waals surface area (Å²) in [6.07, 6.45) is 1.10. The molecular formula is C41H43N3O15S5. The molecule has 0 amide bonds. The molecule has 6 N–H and O–H groups in total. The zero-order chi connectivity index (χ0) is 47.6. The van der Waals surface area contributed by atoms with Crippen LogP contribution in [-0.2, 0) is 50.5 Å². The predicted molar refractivity (Wildman–Crippen MR) is 237 cm³/mol. The molecule has 1 aliphatic heterocycles. The Hall–Kier alpha value is -5.08. The Labute approximate surface area is 370 Å². The monoisotopic (exact) mass is 977 g/mol. The molecule has 0 radical (unpaired) electrons.